The van der Waals surface area contributed by atoms with Crippen LogP contribution in [0.2, 0.25) is 15.1 Å². The SMILES string of the molecule is CC(=O)NCCCCNC(=O)c1cc(NC(=O)C2C(c3cc(Cl)cc(Cl)c3)C2(Cl)Cl)ccc1Cl. The van der Waals surface area contributed by atoms with Gasteiger partial charge < -0.3 is 16.0 Å². The summed E-state index contributed by atoms with van der Waals surface area (Å²) in [5.74, 6) is -2.09. The molecule has 0 heterocycles. The highest BCUT2D eigenvalue weighted by atomic mass is 35.5. The molecule has 2 aromatic rings. The zero-order chi connectivity index (χ0) is 25.0. The van der Waals surface area contributed by atoms with E-state index in [0.29, 0.717) is 40.8 Å². The molecule has 2 aromatic carbocycles. The molecule has 11 heteroatoms. The molecule has 0 saturated heterocycles. The van der Waals surface area contributed by atoms with Crippen LogP contribution in [0, 0.1) is 5.92 Å². The highest BCUT2D eigenvalue weighted by molar-refractivity contribution is 6.53. The van der Waals surface area contributed by atoms with Crippen LogP contribution >= 0.6 is 58.0 Å². The Hall–Kier alpha value is -1.70. The lowest BCUT2D eigenvalue weighted by molar-refractivity contribution is -0.119. The Morgan fingerprint density at radius 3 is 2.15 bits per heavy atom. The van der Waals surface area contributed by atoms with Crippen molar-refractivity contribution in [1.29, 1.82) is 0 Å². The lowest BCUT2D eigenvalue weighted by atomic mass is 10.1. The number of carbonyl (C=O) groups excluding carboxylic acids is 3. The normalized spacial score (nSPS) is 18.2. The number of rotatable bonds is 9. The largest absolute Gasteiger partial charge is 0.356 e. The van der Waals surface area contributed by atoms with Crippen molar-refractivity contribution in [1.82, 2.24) is 10.6 Å². The predicted molar refractivity (Wildman–Crippen MR) is 137 cm³/mol. The number of unbranched alkanes of at least 4 members (excludes halogenated alkanes) is 1. The Bertz CT molecular complexity index is 1090. The van der Waals surface area contributed by atoms with Crippen molar-refractivity contribution < 1.29 is 14.4 Å². The first-order valence-corrected chi connectivity index (χ1v) is 12.4. The van der Waals surface area contributed by atoms with Crippen LogP contribution in [0.25, 0.3) is 0 Å². The standard InChI is InChI=1S/C23H22Cl5N3O3/c1-12(32)29-6-2-3-7-30-21(33)17-11-16(4-5-18(17)26)31-22(34)20-19(23(20,27)28)13-8-14(24)10-15(25)9-13/h4-5,8-11,19-20H,2-3,6-7H2,1H3,(H,29,32)(H,30,33)(H,31,34). The van der Waals surface area contributed by atoms with E-state index in [4.69, 9.17) is 58.0 Å². The summed E-state index contributed by atoms with van der Waals surface area (Å²) in [6.45, 7) is 2.41. The number of hydrogen-bond acceptors (Lipinski definition) is 3. The molecular formula is C23H22Cl5N3O3. The zero-order valence-electron chi connectivity index (χ0n) is 18.1. The highest BCUT2D eigenvalue weighted by Gasteiger charge is 2.67. The summed E-state index contributed by atoms with van der Waals surface area (Å²) in [7, 11) is 0. The third-order valence-corrected chi connectivity index (χ3v) is 7.03. The van der Waals surface area contributed by atoms with E-state index in [0.717, 1.165) is 6.42 Å². The summed E-state index contributed by atoms with van der Waals surface area (Å²) in [4.78, 5) is 36.3. The van der Waals surface area contributed by atoms with Crippen LogP contribution in [-0.2, 0) is 9.59 Å². The Labute approximate surface area is 222 Å². The van der Waals surface area contributed by atoms with Crippen LogP contribution in [0.3, 0.4) is 0 Å². The van der Waals surface area contributed by atoms with Gasteiger partial charge in [0.1, 0.15) is 4.33 Å². The van der Waals surface area contributed by atoms with Crippen LogP contribution in [-0.4, -0.2) is 35.1 Å². The van der Waals surface area contributed by atoms with Gasteiger partial charge in [-0.2, -0.15) is 0 Å². The summed E-state index contributed by atoms with van der Waals surface area (Å²) >= 11 is 31.1. The quantitative estimate of drug-likeness (QED) is 0.265. The zero-order valence-corrected chi connectivity index (χ0v) is 21.8. The molecule has 182 valence electrons. The van der Waals surface area contributed by atoms with Gasteiger partial charge in [-0.15, -0.1) is 23.2 Å². The van der Waals surface area contributed by atoms with Crippen LogP contribution < -0.4 is 16.0 Å². The molecule has 0 aromatic heterocycles. The molecule has 3 amide bonds. The number of carbonyl (C=O) groups is 3. The molecule has 1 aliphatic carbocycles. The number of amides is 3. The average molecular weight is 566 g/mol. The average Bonchev–Trinajstić information content (AvgIpc) is 3.33. The number of benzene rings is 2. The minimum Gasteiger partial charge on any atom is -0.356 e. The Morgan fingerprint density at radius 1 is 0.912 bits per heavy atom. The molecule has 0 bridgehead atoms. The van der Waals surface area contributed by atoms with Crippen molar-refractivity contribution in [2.24, 2.45) is 5.92 Å². The number of nitrogens with one attached hydrogen (secondary N) is 3. The molecular weight excluding hydrogens is 544 g/mol. The van der Waals surface area contributed by atoms with Crippen molar-refractivity contribution in [3.8, 4) is 0 Å². The first kappa shape index (κ1) is 26.9. The Kier molecular flexibility index (Phi) is 8.98. The van der Waals surface area contributed by atoms with Crippen molar-refractivity contribution >= 4 is 81.4 Å². The topological polar surface area (TPSA) is 87.3 Å². The first-order chi connectivity index (χ1) is 16.0. The molecule has 0 radical (unpaired) electrons. The third kappa shape index (κ3) is 6.70. The molecule has 0 aliphatic heterocycles. The van der Waals surface area contributed by atoms with E-state index < -0.39 is 22.1 Å². The second-order valence-electron chi connectivity index (χ2n) is 7.96. The smallest absolute Gasteiger partial charge is 0.252 e. The fourth-order valence-corrected chi connectivity index (χ4v) is 5.21. The fourth-order valence-electron chi connectivity index (χ4n) is 3.63. The van der Waals surface area contributed by atoms with Gasteiger partial charge in [-0.25, -0.2) is 0 Å². The van der Waals surface area contributed by atoms with E-state index in [-0.39, 0.29) is 22.4 Å². The van der Waals surface area contributed by atoms with Gasteiger partial charge in [0.05, 0.1) is 16.5 Å². The van der Waals surface area contributed by atoms with E-state index in [9.17, 15) is 14.4 Å². The minimum absolute atomic E-state index is 0.0934. The molecule has 34 heavy (non-hydrogen) atoms. The van der Waals surface area contributed by atoms with Gasteiger partial charge in [0.15, 0.2) is 0 Å². The van der Waals surface area contributed by atoms with E-state index in [1.165, 1.54) is 19.1 Å². The predicted octanol–water partition coefficient (Wildman–Crippen LogP) is 5.82. The molecule has 1 saturated carbocycles. The molecule has 3 rings (SSSR count). The summed E-state index contributed by atoms with van der Waals surface area (Å²) in [5, 5.41) is 9.31. The number of hydrogen-bond donors (Lipinski definition) is 3. The van der Waals surface area contributed by atoms with Crippen molar-refractivity contribution in [3.63, 3.8) is 0 Å². The van der Waals surface area contributed by atoms with Crippen LogP contribution in [0.1, 0.15) is 41.6 Å². The van der Waals surface area contributed by atoms with E-state index in [1.807, 2.05) is 0 Å². The van der Waals surface area contributed by atoms with Gasteiger partial charge in [-0.1, -0.05) is 34.8 Å². The highest BCUT2D eigenvalue weighted by Crippen LogP contribution is 2.65. The van der Waals surface area contributed by atoms with Gasteiger partial charge in [0.25, 0.3) is 5.91 Å². The van der Waals surface area contributed by atoms with Crippen molar-refractivity contribution in [3.05, 3.63) is 62.6 Å². The van der Waals surface area contributed by atoms with Crippen molar-refractivity contribution in [2.45, 2.75) is 30.0 Å². The lowest BCUT2D eigenvalue weighted by Gasteiger charge is -2.10. The molecule has 3 N–H and O–H groups in total. The second-order valence-corrected chi connectivity index (χ2v) is 10.7. The van der Waals surface area contributed by atoms with Gasteiger partial charge in [0.2, 0.25) is 11.8 Å². The maximum Gasteiger partial charge on any atom is 0.252 e. The third-order valence-electron chi connectivity index (χ3n) is 5.32. The van der Waals surface area contributed by atoms with Crippen LogP contribution in [0.15, 0.2) is 36.4 Å². The minimum atomic E-state index is -1.32. The second kappa shape index (κ2) is 11.4. The molecule has 1 aliphatic rings. The Morgan fingerprint density at radius 2 is 1.53 bits per heavy atom. The molecule has 2 atom stereocenters. The number of halogens is 5. The molecule has 2 unspecified atom stereocenters. The maximum atomic E-state index is 12.9. The monoisotopic (exact) mass is 563 g/mol. The van der Waals surface area contributed by atoms with Crippen molar-refractivity contribution in [2.75, 3.05) is 18.4 Å². The van der Waals surface area contributed by atoms with E-state index in [2.05, 4.69) is 16.0 Å². The number of anilines is 1. The molecule has 1 fully saturated rings. The van der Waals surface area contributed by atoms with Gasteiger partial charge >= 0.3 is 0 Å². The fraction of sp³-hybridized carbons (Fsp3) is 0.348. The van der Waals surface area contributed by atoms with Gasteiger partial charge in [-0.3, -0.25) is 14.4 Å². The number of alkyl halides is 2. The van der Waals surface area contributed by atoms with Crippen LogP contribution in [0.5, 0.6) is 0 Å². The Balaban J connectivity index is 1.61. The summed E-state index contributed by atoms with van der Waals surface area (Å²) in [6.07, 6.45) is 1.41. The lowest BCUT2D eigenvalue weighted by Crippen LogP contribution is -2.26. The summed E-state index contributed by atoms with van der Waals surface area (Å²) < 4.78 is -1.32. The van der Waals surface area contributed by atoms with Gasteiger partial charge in [-0.05, 0) is 54.8 Å². The maximum absolute atomic E-state index is 12.9. The van der Waals surface area contributed by atoms with E-state index >= 15 is 0 Å². The van der Waals surface area contributed by atoms with Crippen LogP contribution in [0.4, 0.5) is 5.69 Å². The summed E-state index contributed by atoms with van der Waals surface area (Å²) in [5.41, 5.74) is 1.26. The summed E-state index contributed by atoms with van der Waals surface area (Å²) in [6, 6.07) is 9.53. The van der Waals surface area contributed by atoms with E-state index in [1.54, 1.807) is 24.3 Å². The molecule has 0 spiro atoms. The first-order valence-electron chi connectivity index (χ1n) is 10.5. The molecule has 6 nitrogen and oxygen atoms in total. The van der Waals surface area contributed by atoms with Gasteiger partial charge in [0, 0.05) is 41.7 Å².